The molecule has 2 aromatic heterocycles. The van der Waals surface area contributed by atoms with Crippen molar-refractivity contribution < 1.29 is 0 Å². The summed E-state index contributed by atoms with van der Waals surface area (Å²) < 4.78 is 2.35. The lowest BCUT2D eigenvalue weighted by Gasteiger charge is -2.20. The molecule has 4 heteroatoms. The van der Waals surface area contributed by atoms with E-state index >= 15 is 0 Å². The molecular weight excluding hydrogens is 230 g/mol. The van der Waals surface area contributed by atoms with E-state index in [1.165, 1.54) is 29.8 Å². The zero-order valence-electron chi connectivity index (χ0n) is 9.80. The first-order valence-corrected chi connectivity index (χ1v) is 7.09. The third-order valence-electron chi connectivity index (χ3n) is 3.53. The molecule has 0 radical (unpaired) electrons. The van der Waals surface area contributed by atoms with E-state index in [-0.39, 0.29) is 6.04 Å². The first-order valence-electron chi connectivity index (χ1n) is 6.15. The second-order valence-corrected chi connectivity index (χ2v) is 5.36. The molecule has 1 atom stereocenters. The Kier molecular flexibility index (Phi) is 2.99. The van der Waals surface area contributed by atoms with Crippen molar-refractivity contribution in [3.05, 3.63) is 40.1 Å². The molecule has 3 rings (SSSR count). The molecule has 1 unspecified atom stereocenters. The Hall–Kier alpha value is -1.13. The van der Waals surface area contributed by atoms with Crippen LogP contribution in [0.5, 0.6) is 0 Å². The molecule has 0 amide bonds. The summed E-state index contributed by atoms with van der Waals surface area (Å²) >= 11 is 1.67. The maximum Gasteiger partial charge on any atom is 0.0794 e. The summed E-state index contributed by atoms with van der Waals surface area (Å²) in [5.41, 5.74) is 12.0. The van der Waals surface area contributed by atoms with Crippen molar-refractivity contribution in [2.75, 3.05) is 0 Å². The maximum absolute atomic E-state index is 6.13. The molecule has 2 heterocycles. The maximum atomic E-state index is 6.13. The summed E-state index contributed by atoms with van der Waals surface area (Å²) in [6, 6.07) is 2.44. The van der Waals surface area contributed by atoms with Crippen molar-refractivity contribution in [1.82, 2.24) is 9.55 Å². The van der Waals surface area contributed by atoms with Gasteiger partial charge in [0.05, 0.1) is 11.2 Å². The number of fused-ring (bicyclic) bond motifs is 1. The van der Waals surface area contributed by atoms with Crippen molar-refractivity contribution in [3.8, 4) is 0 Å². The minimum atomic E-state index is 0.249. The Morgan fingerprint density at radius 3 is 3.29 bits per heavy atom. The quantitative estimate of drug-likeness (QED) is 0.905. The van der Waals surface area contributed by atoms with E-state index in [1.807, 2.05) is 5.51 Å². The van der Waals surface area contributed by atoms with Crippen molar-refractivity contribution >= 4 is 11.3 Å². The molecule has 90 valence electrons. The summed E-state index contributed by atoms with van der Waals surface area (Å²) in [5.74, 6) is 0. The van der Waals surface area contributed by atoms with E-state index in [0.29, 0.717) is 0 Å². The van der Waals surface area contributed by atoms with Crippen LogP contribution in [0.25, 0.3) is 0 Å². The third-order valence-corrected chi connectivity index (χ3v) is 4.17. The summed E-state index contributed by atoms with van der Waals surface area (Å²) in [7, 11) is 0. The zero-order chi connectivity index (χ0) is 11.7. The van der Waals surface area contributed by atoms with Crippen LogP contribution in [0, 0.1) is 0 Å². The van der Waals surface area contributed by atoms with Gasteiger partial charge in [-0.05, 0) is 30.9 Å². The molecule has 0 bridgehead atoms. The fourth-order valence-corrected chi connectivity index (χ4v) is 3.19. The monoisotopic (exact) mass is 247 g/mol. The number of thiazole rings is 1. The highest BCUT2D eigenvalue weighted by Gasteiger charge is 2.19. The van der Waals surface area contributed by atoms with Crippen LogP contribution in [0.15, 0.2) is 23.2 Å². The highest BCUT2D eigenvalue weighted by atomic mass is 32.1. The predicted molar refractivity (Wildman–Crippen MR) is 70.1 cm³/mol. The van der Waals surface area contributed by atoms with Crippen molar-refractivity contribution in [2.45, 2.75) is 38.3 Å². The van der Waals surface area contributed by atoms with E-state index in [2.05, 4.69) is 27.2 Å². The van der Waals surface area contributed by atoms with Gasteiger partial charge in [-0.25, -0.2) is 4.98 Å². The number of nitrogens with zero attached hydrogens (tertiary/aromatic N) is 2. The fourth-order valence-electron chi connectivity index (χ4n) is 2.60. The molecular formula is C13H17N3S. The first-order chi connectivity index (χ1) is 8.34. The average molecular weight is 247 g/mol. The van der Waals surface area contributed by atoms with Gasteiger partial charge in [0.15, 0.2) is 0 Å². The van der Waals surface area contributed by atoms with Gasteiger partial charge < -0.3 is 10.3 Å². The van der Waals surface area contributed by atoms with Crippen LogP contribution in [0.3, 0.4) is 0 Å². The summed E-state index contributed by atoms with van der Waals surface area (Å²) in [6.07, 6.45) is 6.72. The van der Waals surface area contributed by atoms with Crippen LogP contribution < -0.4 is 5.73 Å². The molecule has 0 saturated carbocycles. The Balaban J connectivity index is 1.75. The van der Waals surface area contributed by atoms with Gasteiger partial charge in [0, 0.05) is 36.3 Å². The smallest absolute Gasteiger partial charge is 0.0794 e. The summed E-state index contributed by atoms with van der Waals surface area (Å²) in [4.78, 5) is 4.32. The van der Waals surface area contributed by atoms with Gasteiger partial charge in [-0.1, -0.05) is 0 Å². The highest BCUT2D eigenvalue weighted by molar-refractivity contribution is 7.07. The number of aryl methyl sites for hydroxylation is 2. The van der Waals surface area contributed by atoms with Crippen LogP contribution in [0.2, 0.25) is 0 Å². The standard InChI is InChI=1S/C13H17N3S/c14-12-2-1-3-13-11(12)5-7-16(13)6-4-10-8-17-9-15-10/h5,7-9,12H,1-4,6,14H2. The van der Waals surface area contributed by atoms with E-state index in [0.717, 1.165) is 19.4 Å². The van der Waals surface area contributed by atoms with Gasteiger partial charge >= 0.3 is 0 Å². The molecule has 17 heavy (non-hydrogen) atoms. The first kappa shape index (κ1) is 11.0. The second kappa shape index (κ2) is 4.63. The molecule has 0 spiro atoms. The lowest BCUT2D eigenvalue weighted by Crippen LogP contribution is -2.18. The molecule has 2 N–H and O–H groups in total. The predicted octanol–water partition coefficient (Wildman–Crippen LogP) is 2.52. The number of hydrogen-bond donors (Lipinski definition) is 1. The van der Waals surface area contributed by atoms with Crippen LogP contribution in [-0.4, -0.2) is 9.55 Å². The molecule has 0 saturated heterocycles. The van der Waals surface area contributed by atoms with Crippen LogP contribution >= 0.6 is 11.3 Å². The Morgan fingerprint density at radius 2 is 2.47 bits per heavy atom. The van der Waals surface area contributed by atoms with Crippen molar-refractivity contribution in [1.29, 1.82) is 0 Å². The summed E-state index contributed by atoms with van der Waals surface area (Å²) in [6.45, 7) is 1.02. The van der Waals surface area contributed by atoms with E-state index in [4.69, 9.17) is 5.73 Å². The number of hydrogen-bond acceptors (Lipinski definition) is 3. The van der Waals surface area contributed by atoms with Gasteiger partial charge in [-0.15, -0.1) is 11.3 Å². The van der Waals surface area contributed by atoms with Crippen LogP contribution in [0.1, 0.15) is 35.8 Å². The normalized spacial score (nSPS) is 19.2. The number of rotatable bonds is 3. The Labute approximate surface area is 105 Å². The summed E-state index contributed by atoms with van der Waals surface area (Å²) in [5, 5.41) is 2.13. The van der Waals surface area contributed by atoms with Gasteiger partial charge in [0.25, 0.3) is 0 Å². The topological polar surface area (TPSA) is 43.8 Å². The van der Waals surface area contributed by atoms with E-state index < -0.39 is 0 Å². The van der Waals surface area contributed by atoms with Crippen LogP contribution in [-0.2, 0) is 19.4 Å². The molecule has 2 aromatic rings. The van der Waals surface area contributed by atoms with Gasteiger partial charge in [-0.2, -0.15) is 0 Å². The van der Waals surface area contributed by atoms with Gasteiger partial charge in [-0.3, -0.25) is 0 Å². The van der Waals surface area contributed by atoms with Gasteiger partial charge in [0.1, 0.15) is 0 Å². The molecule has 0 aromatic carbocycles. The molecule has 1 aliphatic carbocycles. The second-order valence-electron chi connectivity index (χ2n) is 4.64. The molecule has 3 nitrogen and oxygen atoms in total. The fraction of sp³-hybridized carbons (Fsp3) is 0.462. The minimum Gasteiger partial charge on any atom is -0.351 e. The molecule has 0 aliphatic heterocycles. The lowest BCUT2D eigenvalue weighted by atomic mass is 9.94. The molecule has 0 fully saturated rings. The van der Waals surface area contributed by atoms with Gasteiger partial charge in [0.2, 0.25) is 0 Å². The minimum absolute atomic E-state index is 0.249. The zero-order valence-corrected chi connectivity index (χ0v) is 10.6. The number of aromatic nitrogens is 2. The van der Waals surface area contributed by atoms with Crippen LogP contribution in [0.4, 0.5) is 0 Å². The number of nitrogens with two attached hydrogens (primary N) is 1. The van der Waals surface area contributed by atoms with Crippen molar-refractivity contribution in [3.63, 3.8) is 0 Å². The Bertz CT molecular complexity index is 487. The lowest BCUT2D eigenvalue weighted by molar-refractivity contribution is 0.538. The van der Waals surface area contributed by atoms with Crippen molar-refractivity contribution in [2.24, 2.45) is 5.73 Å². The average Bonchev–Trinajstić information content (AvgIpc) is 2.95. The van der Waals surface area contributed by atoms with E-state index in [1.54, 1.807) is 11.3 Å². The largest absolute Gasteiger partial charge is 0.351 e. The SMILES string of the molecule is NC1CCCc2c1ccn2CCc1cscn1. The van der Waals surface area contributed by atoms with E-state index in [9.17, 15) is 0 Å². The third kappa shape index (κ3) is 2.15. The Morgan fingerprint density at radius 1 is 1.53 bits per heavy atom. The highest BCUT2D eigenvalue weighted by Crippen LogP contribution is 2.28. The molecule has 1 aliphatic rings.